The fourth-order valence-corrected chi connectivity index (χ4v) is 1.90. The number of aryl methyl sites for hydroxylation is 1. The maximum absolute atomic E-state index is 10.5. The average molecular weight is 238 g/mol. The van der Waals surface area contributed by atoms with Gasteiger partial charge in [0.05, 0.1) is 6.42 Å². The highest BCUT2D eigenvalue weighted by molar-refractivity contribution is 5.66. The van der Waals surface area contributed by atoms with Crippen molar-refractivity contribution in [2.24, 2.45) is 7.05 Å². The molecule has 0 aliphatic carbocycles. The highest BCUT2D eigenvalue weighted by atomic mass is 16.4. The number of aliphatic carboxylic acids is 1. The molecule has 0 unspecified atom stereocenters. The van der Waals surface area contributed by atoms with Gasteiger partial charge in [0.15, 0.2) is 0 Å². The Hall–Kier alpha value is -1.29. The standard InChI is InChI=1S/C13H22N2O2/c1-10-9-12(11(2)15(10)4)5-7-14(3)8-6-13(16)17/h9H,5-8H2,1-4H3,(H,16,17). The number of hydrogen-bond acceptors (Lipinski definition) is 2. The van der Waals surface area contributed by atoms with Crippen LogP contribution in [-0.2, 0) is 18.3 Å². The van der Waals surface area contributed by atoms with E-state index >= 15 is 0 Å². The molecule has 1 aromatic heterocycles. The van der Waals surface area contributed by atoms with Gasteiger partial charge in [0, 0.05) is 31.5 Å². The van der Waals surface area contributed by atoms with E-state index in [1.807, 2.05) is 7.05 Å². The smallest absolute Gasteiger partial charge is 0.304 e. The molecule has 0 atom stereocenters. The Labute approximate surface area is 103 Å². The summed E-state index contributed by atoms with van der Waals surface area (Å²) in [5.41, 5.74) is 3.92. The number of hydrogen-bond donors (Lipinski definition) is 1. The van der Waals surface area contributed by atoms with Gasteiger partial charge in [0.25, 0.3) is 0 Å². The van der Waals surface area contributed by atoms with E-state index in [2.05, 4.69) is 36.4 Å². The van der Waals surface area contributed by atoms with Crippen molar-refractivity contribution in [3.63, 3.8) is 0 Å². The molecule has 17 heavy (non-hydrogen) atoms. The SMILES string of the molecule is Cc1cc(CCN(C)CCC(=O)O)c(C)n1C. The van der Waals surface area contributed by atoms with E-state index in [-0.39, 0.29) is 6.42 Å². The molecular formula is C13H22N2O2. The van der Waals surface area contributed by atoms with Crippen LogP contribution in [0.15, 0.2) is 6.07 Å². The molecule has 0 aliphatic rings. The van der Waals surface area contributed by atoms with E-state index in [9.17, 15) is 4.79 Å². The fraction of sp³-hybridized carbons (Fsp3) is 0.615. The summed E-state index contributed by atoms with van der Waals surface area (Å²) in [5.74, 6) is -0.733. The minimum Gasteiger partial charge on any atom is -0.481 e. The lowest BCUT2D eigenvalue weighted by Crippen LogP contribution is -2.24. The van der Waals surface area contributed by atoms with Crippen molar-refractivity contribution in [2.75, 3.05) is 20.1 Å². The zero-order chi connectivity index (χ0) is 13.0. The zero-order valence-corrected chi connectivity index (χ0v) is 11.2. The molecule has 0 saturated heterocycles. The number of nitrogens with zero attached hydrogens (tertiary/aromatic N) is 2. The first-order valence-electron chi connectivity index (χ1n) is 5.94. The average Bonchev–Trinajstić information content (AvgIpc) is 2.51. The Balaban J connectivity index is 2.44. The van der Waals surface area contributed by atoms with Crippen molar-refractivity contribution in [1.82, 2.24) is 9.47 Å². The Bertz CT molecular complexity index is 396. The van der Waals surface area contributed by atoms with Gasteiger partial charge in [-0.15, -0.1) is 0 Å². The molecule has 0 amide bonds. The lowest BCUT2D eigenvalue weighted by molar-refractivity contribution is -0.137. The second-order valence-electron chi connectivity index (χ2n) is 4.65. The van der Waals surface area contributed by atoms with E-state index in [1.165, 1.54) is 17.0 Å². The van der Waals surface area contributed by atoms with Gasteiger partial charge in [0.1, 0.15) is 0 Å². The van der Waals surface area contributed by atoms with E-state index in [4.69, 9.17) is 5.11 Å². The van der Waals surface area contributed by atoms with Crippen LogP contribution in [-0.4, -0.2) is 40.7 Å². The van der Waals surface area contributed by atoms with Crippen LogP contribution in [0.1, 0.15) is 23.4 Å². The van der Waals surface area contributed by atoms with Crippen LogP contribution < -0.4 is 0 Å². The first-order chi connectivity index (χ1) is 7.91. The Morgan fingerprint density at radius 3 is 2.53 bits per heavy atom. The Morgan fingerprint density at radius 2 is 2.06 bits per heavy atom. The van der Waals surface area contributed by atoms with Gasteiger partial charge in [-0.3, -0.25) is 4.79 Å². The van der Waals surface area contributed by atoms with Crippen LogP contribution in [0, 0.1) is 13.8 Å². The van der Waals surface area contributed by atoms with Gasteiger partial charge in [-0.05, 0) is 38.9 Å². The van der Waals surface area contributed by atoms with Crippen LogP contribution in [0.25, 0.3) is 0 Å². The summed E-state index contributed by atoms with van der Waals surface area (Å²) in [6.07, 6.45) is 1.19. The van der Waals surface area contributed by atoms with E-state index < -0.39 is 5.97 Å². The summed E-state index contributed by atoms with van der Waals surface area (Å²) in [7, 11) is 4.04. The Kier molecular flexibility index (Phi) is 4.75. The van der Waals surface area contributed by atoms with Crippen LogP contribution >= 0.6 is 0 Å². The van der Waals surface area contributed by atoms with Gasteiger partial charge in [-0.1, -0.05) is 0 Å². The van der Waals surface area contributed by atoms with E-state index in [1.54, 1.807) is 0 Å². The third kappa shape index (κ3) is 3.89. The van der Waals surface area contributed by atoms with Crippen molar-refractivity contribution >= 4 is 5.97 Å². The maximum Gasteiger partial charge on any atom is 0.304 e. The normalized spacial score (nSPS) is 11.1. The first-order valence-corrected chi connectivity index (χ1v) is 5.94. The summed E-state index contributed by atoms with van der Waals surface area (Å²) >= 11 is 0. The van der Waals surface area contributed by atoms with Crippen molar-refractivity contribution in [3.05, 3.63) is 23.0 Å². The van der Waals surface area contributed by atoms with E-state index in [0.717, 1.165) is 13.0 Å². The molecule has 1 aromatic rings. The van der Waals surface area contributed by atoms with Crippen molar-refractivity contribution < 1.29 is 9.90 Å². The predicted molar refractivity (Wildman–Crippen MR) is 68.3 cm³/mol. The predicted octanol–water partition coefficient (Wildman–Crippen LogP) is 1.59. The number of carboxylic acids is 1. The largest absolute Gasteiger partial charge is 0.481 e. The second kappa shape index (κ2) is 5.87. The molecule has 0 aromatic carbocycles. The van der Waals surface area contributed by atoms with Crippen LogP contribution in [0.5, 0.6) is 0 Å². The summed E-state index contributed by atoms with van der Waals surface area (Å²) < 4.78 is 2.19. The first kappa shape index (κ1) is 13.8. The topological polar surface area (TPSA) is 45.5 Å². The van der Waals surface area contributed by atoms with Crippen molar-refractivity contribution in [2.45, 2.75) is 26.7 Å². The molecule has 0 bridgehead atoms. The highest BCUT2D eigenvalue weighted by Gasteiger charge is 2.08. The summed E-state index contributed by atoms with van der Waals surface area (Å²) in [6, 6.07) is 2.21. The van der Waals surface area contributed by atoms with Crippen LogP contribution in [0.3, 0.4) is 0 Å². The minimum atomic E-state index is -0.733. The van der Waals surface area contributed by atoms with Crippen molar-refractivity contribution in [3.8, 4) is 0 Å². The summed E-state index contributed by atoms with van der Waals surface area (Å²) in [4.78, 5) is 12.5. The molecular weight excluding hydrogens is 216 g/mol. The van der Waals surface area contributed by atoms with Gasteiger partial charge in [-0.2, -0.15) is 0 Å². The highest BCUT2D eigenvalue weighted by Crippen LogP contribution is 2.13. The molecule has 0 saturated carbocycles. The molecule has 0 radical (unpaired) electrons. The molecule has 0 aliphatic heterocycles. The monoisotopic (exact) mass is 238 g/mol. The molecule has 4 nitrogen and oxygen atoms in total. The number of rotatable bonds is 6. The van der Waals surface area contributed by atoms with E-state index in [0.29, 0.717) is 6.54 Å². The fourth-order valence-electron chi connectivity index (χ4n) is 1.90. The lowest BCUT2D eigenvalue weighted by Gasteiger charge is -2.15. The lowest BCUT2D eigenvalue weighted by atomic mass is 10.1. The summed E-state index contributed by atoms with van der Waals surface area (Å²) in [6.45, 7) is 5.74. The minimum absolute atomic E-state index is 0.212. The molecule has 0 fully saturated rings. The molecule has 96 valence electrons. The van der Waals surface area contributed by atoms with Gasteiger partial charge < -0.3 is 14.6 Å². The quantitative estimate of drug-likeness (QED) is 0.818. The Morgan fingerprint density at radius 1 is 1.41 bits per heavy atom. The number of carbonyl (C=O) groups is 1. The van der Waals surface area contributed by atoms with Gasteiger partial charge in [-0.25, -0.2) is 0 Å². The molecule has 1 N–H and O–H groups in total. The van der Waals surface area contributed by atoms with Crippen LogP contribution in [0.4, 0.5) is 0 Å². The van der Waals surface area contributed by atoms with Gasteiger partial charge >= 0.3 is 5.97 Å². The molecule has 1 rings (SSSR count). The number of aromatic nitrogens is 1. The molecule has 4 heteroatoms. The maximum atomic E-state index is 10.5. The molecule has 0 spiro atoms. The van der Waals surface area contributed by atoms with Crippen LogP contribution in [0.2, 0.25) is 0 Å². The second-order valence-corrected chi connectivity index (χ2v) is 4.65. The van der Waals surface area contributed by atoms with Crippen molar-refractivity contribution in [1.29, 1.82) is 0 Å². The summed E-state index contributed by atoms with van der Waals surface area (Å²) in [5, 5.41) is 8.60. The third-order valence-electron chi connectivity index (χ3n) is 3.35. The molecule has 1 heterocycles. The third-order valence-corrected chi connectivity index (χ3v) is 3.35. The van der Waals surface area contributed by atoms with Gasteiger partial charge in [0.2, 0.25) is 0 Å². The zero-order valence-electron chi connectivity index (χ0n) is 11.2. The number of carboxylic acid groups (broad SMARTS) is 1. The number of likely N-dealkylation sites (N-methyl/N-ethyl adjacent to an activating group) is 1.